The maximum Gasteiger partial charge on any atom is 0.248 e. The lowest BCUT2D eigenvalue weighted by atomic mass is 9.89. The molecule has 0 unspecified atom stereocenters. The summed E-state index contributed by atoms with van der Waals surface area (Å²) in [6, 6.07) is 15.3. The van der Waals surface area contributed by atoms with Crippen LogP contribution in [-0.2, 0) is 4.79 Å². The topological polar surface area (TPSA) is 41.5 Å². The lowest BCUT2D eigenvalue weighted by Gasteiger charge is -2.22. The highest BCUT2D eigenvalue weighted by Gasteiger charge is 2.27. The molecule has 0 radical (unpaired) electrons. The summed E-state index contributed by atoms with van der Waals surface area (Å²) in [6.45, 7) is 0. The number of benzene rings is 2. The quantitative estimate of drug-likeness (QED) is 0.857. The smallest absolute Gasteiger partial charge is 0.248 e. The number of carbonyl (C=O) groups excluding carboxylic acids is 1. The van der Waals surface area contributed by atoms with Gasteiger partial charge in [0.15, 0.2) is 0 Å². The minimum atomic E-state index is -0.231. The van der Waals surface area contributed by atoms with Crippen molar-refractivity contribution in [2.75, 3.05) is 0 Å². The van der Waals surface area contributed by atoms with Crippen molar-refractivity contribution in [2.45, 2.75) is 12.3 Å². The Bertz CT molecular complexity index is 712. The highest BCUT2D eigenvalue weighted by molar-refractivity contribution is 9.10. The fourth-order valence-corrected chi connectivity index (χ4v) is 2.89. The van der Waals surface area contributed by atoms with Crippen LogP contribution >= 0.6 is 27.5 Å². The van der Waals surface area contributed by atoms with Crippen molar-refractivity contribution in [3.05, 3.63) is 69.2 Å². The average molecular weight is 364 g/mol. The zero-order chi connectivity index (χ0) is 14.8. The fourth-order valence-electron chi connectivity index (χ4n) is 2.35. The van der Waals surface area contributed by atoms with E-state index in [0.717, 1.165) is 21.3 Å². The Morgan fingerprint density at radius 3 is 2.67 bits per heavy atom. The number of amides is 1. The molecule has 2 aromatic carbocycles. The molecule has 1 N–H and O–H groups in total. The van der Waals surface area contributed by atoms with Crippen LogP contribution in [0.25, 0.3) is 0 Å². The van der Waals surface area contributed by atoms with Crippen LogP contribution in [0.3, 0.4) is 0 Å². The van der Waals surface area contributed by atoms with E-state index in [1.165, 1.54) is 0 Å². The van der Waals surface area contributed by atoms with Gasteiger partial charge in [-0.2, -0.15) is 5.10 Å². The van der Waals surface area contributed by atoms with E-state index in [0.29, 0.717) is 11.4 Å². The molecule has 1 atom stereocenters. The number of hydrazone groups is 1. The Hall–Kier alpha value is -1.65. The maximum atomic E-state index is 12.1. The first-order chi connectivity index (χ1) is 10.1. The van der Waals surface area contributed by atoms with Crippen LogP contribution in [0.15, 0.2) is 58.1 Å². The first-order valence-corrected chi connectivity index (χ1v) is 7.68. The first kappa shape index (κ1) is 14.3. The van der Waals surface area contributed by atoms with Gasteiger partial charge >= 0.3 is 0 Å². The van der Waals surface area contributed by atoms with E-state index < -0.39 is 0 Å². The predicted octanol–water partition coefficient (Wildman–Crippen LogP) is 4.11. The Labute approximate surface area is 136 Å². The second kappa shape index (κ2) is 6.00. The molecule has 2 aromatic rings. The molecule has 5 heteroatoms. The van der Waals surface area contributed by atoms with Crippen molar-refractivity contribution < 1.29 is 4.79 Å². The van der Waals surface area contributed by atoms with E-state index in [4.69, 9.17) is 11.6 Å². The number of rotatable bonds is 2. The molecular weight excluding hydrogens is 352 g/mol. The largest absolute Gasteiger partial charge is 0.272 e. The summed E-state index contributed by atoms with van der Waals surface area (Å²) >= 11 is 9.34. The molecule has 0 bridgehead atoms. The van der Waals surface area contributed by atoms with Gasteiger partial charge in [-0.25, -0.2) is 5.43 Å². The molecule has 1 aliphatic rings. The van der Waals surface area contributed by atoms with Crippen molar-refractivity contribution in [3.63, 3.8) is 0 Å². The van der Waals surface area contributed by atoms with Crippen LogP contribution in [0.4, 0.5) is 0 Å². The van der Waals surface area contributed by atoms with Crippen LogP contribution in [0.2, 0.25) is 5.02 Å². The van der Waals surface area contributed by atoms with Gasteiger partial charge in [-0.05, 0) is 35.4 Å². The van der Waals surface area contributed by atoms with Gasteiger partial charge in [0.25, 0.3) is 0 Å². The number of hydrogen-bond donors (Lipinski definition) is 1. The molecule has 0 saturated heterocycles. The highest BCUT2D eigenvalue weighted by Crippen LogP contribution is 2.27. The van der Waals surface area contributed by atoms with Crippen LogP contribution < -0.4 is 5.43 Å². The molecule has 21 heavy (non-hydrogen) atoms. The lowest BCUT2D eigenvalue weighted by Crippen LogP contribution is -2.33. The number of hydrogen-bond acceptors (Lipinski definition) is 2. The summed E-state index contributed by atoms with van der Waals surface area (Å²) in [5.74, 6) is -0.309. The van der Waals surface area contributed by atoms with E-state index in [2.05, 4.69) is 26.5 Å². The van der Waals surface area contributed by atoms with E-state index in [1.807, 2.05) is 48.5 Å². The third kappa shape index (κ3) is 3.17. The third-order valence-electron chi connectivity index (χ3n) is 3.44. The van der Waals surface area contributed by atoms with Gasteiger partial charge in [0.1, 0.15) is 0 Å². The summed E-state index contributed by atoms with van der Waals surface area (Å²) < 4.78 is 0.961. The highest BCUT2D eigenvalue weighted by atomic mass is 79.9. The monoisotopic (exact) mass is 362 g/mol. The lowest BCUT2D eigenvalue weighted by molar-refractivity contribution is -0.122. The average Bonchev–Trinajstić information content (AvgIpc) is 2.49. The second-order valence-electron chi connectivity index (χ2n) is 4.85. The zero-order valence-electron chi connectivity index (χ0n) is 11.0. The third-order valence-corrected chi connectivity index (χ3v) is 4.19. The summed E-state index contributed by atoms with van der Waals surface area (Å²) in [5, 5.41) is 4.85. The molecule has 0 fully saturated rings. The normalized spacial score (nSPS) is 18.1. The second-order valence-corrected chi connectivity index (χ2v) is 6.21. The Kier molecular flexibility index (Phi) is 4.08. The van der Waals surface area contributed by atoms with Gasteiger partial charge < -0.3 is 0 Å². The molecule has 0 spiro atoms. The van der Waals surface area contributed by atoms with Crippen molar-refractivity contribution in [2.24, 2.45) is 5.10 Å². The van der Waals surface area contributed by atoms with Crippen LogP contribution in [0, 0.1) is 0 Å². The SMILES string of the molecule is O=C1NN=C(c2ccc(Cl)cc2)C[C@@H]1c1cccc(Br)c1. The van der Waals surface area contributed by atoms with E-state index in [9.17, 15) is 4.79 Å². The summed E-state index contributed by atoms with van der Waals surface area (Å²) in [5.41, 5.74) is 5.42. The molecular formula is C16H12BrClN2O. The molecule has 1 heterocycles. The Balaban J connectivity index is 1.90. The minimum Gasteiger partial charge on any atom is -0.272 e. The number of carbonyl (C=O) groups is 1. The molecule has 0 aromatic heterocycles. The van der Waals surface area contributed by atoms with Crippen molar-refractivity contribution in [3.8, 4) is 0 Å². The zero-order valence-corrected chi connectivity index (χ0v) is 13.4. The van der Waals surface area contributed by atoms with Gasteiger partial charge in [0.2, 0.25) is 5.91 Å². The molecule has 0 saturated carbocycles. The summed E-state index contributed by atoms with van der Waals surface area (Å²) in [4.78, 5) is 12.1. The maximum absolute atomic E-state index is 12.1. The van der Waals surface area contributed by atoms with E-state index in [1.54, 1.807) is 0 Å². The van der Waals surface area contributed by atoms with Crippen LogP contribution in [0.5, 0.6) is 0 Å². The number of halogens is 2. The number of nitrogens with one attached hydrogen (secondary N) is 1. The minimum absolute atomic E-state index is 0.0780. The standard InChI is InChI=1S/C16H12BrClN2O/c17-12-3-1-2-11(8-12)14-9-15(19-20-16(14)21)10-4-6-13(18)7-5-10/h1-8,14H,9H2,(H,20,21)/t14-/m1/s1. The summed E-state index contributed by atoms with van der Waals surface area (Å²) in [7, 11) is 0. The Morgan fingerprint density at radius 1 is 1.19 bits per heavy atom. The molecule has 3 rings (SSSR count). The Morgan fingerprint density at radius 2 is 1.95 bits per heavy atom. The summed E-state index contributed by atoms with van der Waals surface area (Å²) in [6.07, 6.45) is 0.573. The van der Waals surface area contributed by atoms with Crippen LogP contribution in [0.1, 0.15) is 23.5 Å². The van der Waals surface area contributed by atoms with Crippen LogP contribution in [-0.4, -0.2) is 11.6 Å². The van der Waals surface area contributed by atoms with Gasteiger partial charge in [0, 0.05) is 15.9 Å². The first-order valence-electron chi connectivity index (χ1n) is 6.51. The van der Waals surface area contributed by atoms with Gasteiger partial charge in [-0.3, -0.25) is 4.79 Å². The van der Waals surface area contributed by atoms with Gasteiger partial charge in [-0.15, -0.1) is 0 Å². The van der Waals surface area contributed by atoms with Crippen molar-refractivity contribution in [1.29, 1.82) is 0 Å². The molecule has 106 valence electrons. The van der Waals surface area contributed by atoms with Crippen molar-refractivity contribution in [1.82, 2.24) is 5.43 Å². The molecule has 3 nitrogen and oxygen atoms in total. The van der Waals surface area contributed by atoms with Gasteiger partial charge in [0.05, 0.1) is 11.6 Å². The molecule has 1 aliphatic heterocycles. The molecule has 0 aliphatic carbocycles. The van der Waals surface area contributed by atoms with Crippen molar-refractivity contribution >= 4 is 39.1 Å². The van der Waals surface area contributed by atoms with Gasteiger partial charge in [-0.1, -0.05) is 51.8 Å². The fraction of sp³-hybridized carbons (Fsp3) is 0.125. The predicted molar refractivity (Wildman–Crippen MR) is 87.6 cm³/mol. The number of nitrogens with zero attached hydrogens (tertiary/aromatic N) is 1. The van der Waals surface area contributed by atoms with E-state index >= 15 is 0 Å². The van der Waals surface area contributed by atoms with E-state index in [-0.39, 0.29) is 11.8 Å². The molecule has 1 amide bonds.